The van der Waals surface area contributed by atoms with Gasteiger partial charge in [0.1, 0.15) is 0 Å². The van der Waals surface area contributed by atoms with E-state index in [0.717, 1.165) is 13.2 Å². The van der Waals surface area contributed by atoms with Crippen molar-refractivity contribution < 1.29 is 0 Å². The highest BCUT2D eigenvalue weighted by Crippen LogP contribution is 2.26. The zero-order valence-electron chi connectivity index (χ0n) is 11.1. The molecule has 1 aromatic carbocycles. The maximum atomic E-state index is 3.41. The molecule has 0 unspecified atom stereocenters. The van der Waals surface area contributed by atoms with Gasteiger partial charge in [-0.1, -0.05) is 37.6 Å². The highest BCUT2D eigenvalue weighted by atomic mass is 15.0. The Morgan fingerprint density at radius 3 is 2.50 bits per heavy atom. The lowest BCUT2D eigenvalue weighted by molar-refractivity contribution is 0.458. The van der Waals surface area contributed by atoms with Crippen molar-refractivity contribution in [2.75, 3.05) is 20.3 Å². The molecule has 0 aromatic heterocycles. The van der Waals surface area contributed by atoms with Crippen LogP contribution in [0.2, 0.25) is 0 Å². The Kier molecular flexibility index (Phi) is 4.51. The van der Waals surface area contributed by atoms with Gasteiger partial charge < -0.3 is 10.6 Å². The summed E-state index contributed by atoms with van der Waals surface area (Å²) < 4.78 is 0. The van der Waals surface area contributed by atoms with Gasteiger partial charge in [0.15, 0.2) is 0 Å². The molecule has 90 valence electrons. The lowest BCUT2D eigenvalue weighted by atomic mass is 9.81. The molecule has 0 saturated heterocycles. The molecule has 0 fully saturated rings. The lowest BCUT2D eigenvalue weighted by Crippen LogP contribution is -2.37. The number of nitrogens with one attached hydrogen (secondary N) is 2. The van der Waals surface area contributed by atoms with Crippen molar-refractivity contribution in [1.29, 1.82) is 0 Å². The van der Waals surface area contributed by atoms with E-state index in [1.165, 1.54) is 16.7 Å². The normalized spacial score (nSPS) is 11.8. The summed E-state index contributed by atoms with van der Waals surface area (Å²) in [5.74, 6) is 0. The van der Waals surface area contributed by atoms with E-state index < -0.39 is 0 Å². The SMILES string of the molecule is CNCNCC(C)(C)c1cc(C)ccc1C. The number of rotatable bonds is 5. The van der Waals surface area contributed by atoms with E-state index in [4.69, 9.17) is 0 Å². The van der Waals surface area contributed by atoms with E-state index in [2.05, 4.69) is 56.5 Å². The van der Waals surface area contributed by atoms with E-state index in [1.807, 2.05) is 7.05 Å². The average Bonchev–Trinajstić information content (AvgIpc) is 2.22. The van der Waals surface area contributed by atoms with Gasteiger partial charge in [0.05, 0.1) is 0 Å². The van der Waals surface area contributed by atoms with Crippen molar-refractivity contribution in [3.05, 3.63) is 34.9 Å². The van der Waals surface area contributed by atoms with Crippen molar-refractivity contribution in [3.8, 4) is 0 Å². The maximum Gasteiger partial charge on any atom is 0.0452 e. The lowest BCUT2D eigenvalue weighted by Gasteiger charge is -2.28. The molecule has 2 heteroatoms. The summed E-state index contributed by atoms with van der Waals surface area (Å²) in [6, 6.07) is 6.69. The predicted octanol–water partition coefficient (Wildman–Crippen LogP) is 2.35. The molecule has 16 heavy (non-hydrogen) atoms. The highest BCUT2D eigenvalue weighted by molar-refractivity contribution is 5.36. The van der Waals surface area contributed by atoms with Crippen LogP contribution in [0.25, 0.3) is 0 Å². The molecule has 0 spiro atoms. The van der Waals surface area contributed by atoms with Crippen LogP contribution in [0.4, 0.5) is 0 Å². The molecule has 2 N–H and O–H groups in total. The van der Waals surface area contributed by atoms with Crippen LogP contribution in [0, 0.1) is 13.8 Å². The quantitative estimate of drug-likeness (QED) is 0.588. The number of hydrogen-bond donors (Lipinski definition) is 2. The molecule has 2 nitrogen and oxygen atoms in total. The van der Waals surface area contributed by atoms with Gasteiger partial charge in [0.25, 0.3) is 0 Å². The van der Waals surface area contributed by atoms with Crippen LogP contribution < -0.4 is 10.6 Å². The van der Waals surface area contributed by atoms with Crippen LogP contribution in [0.5, 0.6) is 0 Å². The van der Waals surface area contributed by atoms with Gasteiger partial charge in [0, 0.05) is 18.6 Å². The first-order valence-electron chi connectivity index (χ1n) is 5.90. The maximum absolute atomic E-state index is 3.41. The summed E-state index contributed by atoms with van der Waals surface area (Å²) in [5.41, 5.74) is 4.33. The second kappa shape index (κ2) is 5.46. The molecule has 0 heterocycles. The monoisotopic (exact) mass is 220 g/mol. The fourth-order valence-electron chi connectivity index (χ4n) is 2.06. The summed E-state index contributed by atoms with van der Waals surface area (Å²) >= 11 is 0. The Balaban J connectivity index is 2.83. The molecule has 0 bridgehead atoms. The van der Waals surface area contributed by atoms with Crippen LogP contribution >= 0.6 is 0 Å². The van der Waals surface area contributed by atoms with Crippen LogP contribution in [-0.4, -0.2) is 20.3 Å². The predicted molar refractivity (Wildman–Crippen MR) is 70.9 cm³/mol. The first kappa shape index (κ1) is 13.2. The zero-order valence-corrected chi connectivity index (χ0v) is 11.1. The third kappa shape index (κ3) is 3.32. The average molecular weight is 220 g/mol. The first-order valence-corrected chi connectivity index (χ1v) is 5.90. The smallest absolute Gasteiger partial charge is 0.0452 e. The molecule has 0 saturated carbocycles. The zero-order chi connectivity index (χ0) is 12.2. The van der Waals surface area contributed by atoms with Gasteiger partial charge >= 0.3 is 0 Å². The second-order valence-electron chi connectivity index (χ2n) is 5.16. The highest BCUT2D eigenvalue weighted by Gasteiger charge is 2.21. The molecule has 0 amide bonds. The van der Waals surface area contributed by atoms with Gasteiger partial charge in [-0.3, -0.25) is 0 Å². The van der Waals surface area contributed by atoms with Gasteiger partial charge in [-0.15, -0.1) is 0 Å². The minimum Gasteiger partial charge on any atom is -0.308 e. The fraction of sp³-hybridized carbons (Fsp3) is 0.571. The molecule has 0 aliphatic heterocycles. The van der Waals surface area contributed by atoms with Crippen molar-refractivity contribution in [2.24, 2.45) is 0 Å². The van der Waals surface area contributed by atoms with Crippen LogP contribution in [0.1, 0.15) is 30.5 Å². The van der Waals surface area contributed by atoms with Gasteiger partial charge in [-0.05, 0) is 32.0 Å². The van der Waals surface area contributed by atoms with E-state index in [0.29, 0.717) is 0 Å². The summed E-state index contributed by atoms with van der Waals surface area (Å²) in [4.78, 5) is 0. The molecule has 0 atom stereocenters. The molecule has 0 aliphatic rings. The molecule has 0 radical (unpaired) electrons. The third-order valence-electron chi connectivity index (χ3n) is 2.99. The van der Waals surface area contributed by atoms with E-state index in [1.54, 1.807) is 0 Å². The third-order valence-corrected chi connectivity index (χ3v) is 2.99. The number of hydrogen-bond acceptors (Lipinski definition) is 2. The van der Waals surface area contributed by atoms with E-state index >= 15 is 0 Å². The molecule has 1 rings (SSSR count). The van der Waals surface area contributed by atoms with Crippen molar-refractivity contribution in [1.82, 2.24) is 10.6 Å². The van der Waals surface area contributed by atoms with Crippen molar-refractivity contribution >= 4 is 0 Å². The summed E-state index contributed by atoms with van der Waals surface area (Å²) in [7, 11) is 1.96. The molecule has 0 aliphatic carbocycles. The van der Waals surface area contributed by atoms with Crippen LogP contribution in [-0.2, 0) is 5.41 Å². The Bertz CT molecular complexity index is 343. The van der Waals surface area contributed by atoms with Crippen molar-refractivity contribution in [2.45, 2.75) is 33.1 Å². The Hall–Kier alpha value is -0.860. The number of benzene rings is 1. The number of aryl methyl sites for hydroxylation is 2. The van der Waals surface area contributed by atoms with E-state index in [9.17, 15) is 0 Å². The summed E-state index contributed by atoms with van der Waals surface area (Å²) in [5, 5.41) is 6.52. The first-order chi connectivity index (χ1) is 7.47. The van der Waals surface area contributed by atoms with Crippen LogP contribution in [0.3, 0.4) is 0 Å². The Morgan fingerprint density at radius 1 is 1.19 bits per heavy atom. The van der Waals surface area contributed by atoms with E-state index in [-0.39, 0.29) is 5.41 Å². The minimum absolute atomic E-state index is 0.174. The molecular formula is C14H24N2. The summed E-state index contributed by atoms with van der Waals surface area (Å²) in [6.07, 6.45) is 0. The second-order valence-corrected chi connectivity index (χ2v) is 5.16. The minimum atomic E-state index is 0.174. The van der Waals surface area contributed by atoms with Crippen LogP contribution in [0.15, 0.2) is 18.2 Å². The van der Waals surface area contributed by atoms with Gasteiger partial charge in [-0.2, -0.15) is 0 Å². The summed E-state index contributed by atoms with van der Waals surface area (Å²) in [6.45, 7) is 10.8. The fourth-order valence-corrected chi connectivity index (χ4v) is 2.06. The van der Waals surface area contributed by atoms with Gasteiger partial charge in [-0.25, -0.2) is 0 Å². The van der Waals surface area contributed by atoms with Gasteiger partial charge in [0.2, 0.25) is 0 Å². The molecule has 1 aromatic rings. The van der Waals surface area contributed by atoms with Crippen molar-refractivity contribution in [3.63, 3.8) is 0 Å². The largest absolute Gasteiger partial charge is 0.308 e. The standard InChI is InChI=1S/C14H24N2/c1-11-6-7-12(2)13(8-11)14(3,4)9-16-10-15-5/h6-8,15-16H,9-10H2,1-5H3. The topological polar surface area (TPSA) is 24.1 Å². The molecular weight excluding hydrogens is 196 g/mol. The Labute approximate surface area is 99.5 Å². The Morgan fingerprint density at radius 2 is 1.88 bits per heavy atom.